The number of nitrogens with one attached hydrogen (secondary N) is 1. The Morgan fingerprint density at radius 2 is 1.80 bits per heavy atom. The van der Waals surface area contributed by atoms with E-state index in [1.54, 1.807) is 23.1 Å². The van der Waals surface area contributed by atoms with Crippen LogP contribution in [0.25, 0.3) is 0 Å². The van der Waals surface area contributed by atoms with Gasteiger partial charge in [-0.3, -0.25) is 4.79 Å². The van der Waals surface area contributed by atoms with Crippen molar-refractivity contribution in [1.29, 1.82) is 0 Å². The highest BCUT2D eigenvalue weighted by Crippen LogP contribution is 2.21. The summed E-state index contributed by atoms with van der Waals surface area (Å²) < 4.78 is 51.5. The van der Waals surface area contributed by atoms with Crippen LogP contribution in [0.1, 0.15) is 6.42 Å². The number of rotatable bonds is 6. The standard InChI is InChI=1S/C14H20BrN3O5S2/c1-24(20,21)16-6-5-14(19)17-7-9-18(10-8-17)25(22,23)13-4-2-3-12(15)11-13/h2-4,11,16H,5-10H2,1H3. The minimum atomic E-state index is -3.60. The predicted molar refractivity (Wildman–Crippen MR) is 96.9 cm³/mol. The van der Waals surface area contributed by atoms with E-state index in [1.165, 1.54) is 10.4 Å². The molecule has 0 spiro atoms. The van der Waals surface area contributed by atoms with Crippen LogP contribution in [0.2, 0.25) is 0 Å². The van der Waals surface area contributed by atoms with E-state index in [2.05, 4.69) is 20.7 Å². The molecule has 0 radical (unpaired) electrons. The molecular formula is C14H20BrN3O5S2. The van der Waals surface area contributed by atoms with Crippen molar-refractivity contribution >= 4 is 41.9 Å². The van der Waals surface area contributed by atoms with Gasteiger partial charge in [-0.15, -0.1) is 0 Å². The highest BCUT2D eigenvalue weighted by atomic mass is 79.9. The van der Waals surface area contributed by atoms with Crippen molar-refractivity contribution in [3.8, 4) is 0 Å². The maximum atomic E-state index is 12.6. The Labute approximate surface area is 156 Å². The van der Waals surface area contributed by atoms with Gasteiger partial charge >= 0.3 is 0 Å². The second-order valence-corrected chi connectivity index (χ2v) is 10.3. The molecule has 1 aromatic rings. The molecule has 25 heavy (non-hydrogen) atoms. The molecule has 0 unspecified atom stereocenters. The van der Waals surface area contributed by atoms with Crippen molar-refractivity contribution in [1.82, 2.24) is 13.9 Å². The number of halogens is 1. The van der Waals surface area contributed by atoms with Gasteiger partial charge in [0, 0.05) is 43.6 Å². The zero-order chi connectivity index (χ0) is 18.7. The van der Waals surface area contributed by atoms with Crippen LogP contribution in [-0.2, 0) is 24.8 Å². The normalized spacial score (nSPS) is 16.8. The molecule has 0 aromatic heterocycles. The summed E-state index contributed by atoms with van der Waals surface area (Å²) in [6.45, 7) is 1.02. The monoisotopic (exact) mass is 453 g/mol. The van der Waals surface area contributed by atoms with Crippen LogP contribution in [0.3, 0.4) is 0 Å². The smallest absolute Gasteiger partial charge is 0.243 e. The molecule has 1 aromatic carbocycles. The Bertz CT molecular complexity index is 834. The number of hydrogen-bond acceptors (Lipinski definition) is 5. The van der Waals surface area contributed by atoms with Crippen molar-refractivity contribution in [3.05, 3.63) is 28.7 Å². The van der Waals surface area contributed by atoms with E-state index in [0.29, 0.717) is 4.47 Å². The van der Waals surface area contributed by atoms with Crippen molar-refractivity contribution in [3.63, 3.8) is 0 Å². The van der Waals surface area contributed by atoms with Gasteiger partial charge in [0.2, 0.25) is 26.0 Å². The Morgan fingerprint density at radius 1 is 1.16 bits per heavy atom. The summed E-state index contributed by atoms with van der Waals surface area (Å²) in [4.78, 5) is 13.8. The van der Waals surface area contributed by atoms with Gasteiger partial charge in [0.05, 0.1) is 11.2 Å². The highest BCUT2D eigenvalue weighted by molar-refractivity contribution is 9.10. The third-order valence-corrected chi connectivity index (χ3v) is 6.84. The summed E-state index contributed by atoms with van der Waals surface area (Å²) >= 11 is 3.26. The Kier molecular flexibility index (Phi) is 6.60. The van der Waals surface area contributed by atoms with Gasteiger partial charge in [0.25, 0.3) is 0 Å². The Balaban J connectivity index is 1.91. The quantitative estimate of drug-likeness (QED) is 0.663. The van der Waals surface area contributed by atoms with Gasteiger partial charge < -0.3 is 4.90 Å². The molecule has 1 fully saturated rings. The van der Waals surface area contributed by atoms with E-state index in [1.807, 2.05) is 0 Å². The van der Waals surface area contributed by atoms with Crippen molar-refractivity contribution in [2.75, 3.05) is 39.0 Å². The number of piperazine rings is 1. The van der Waals surface area contributed by atoms with Crippen LogP contribution in [0.4, 0.5) is 0 Å². The molecule has 1 N–H and O–H groups in total. The predicted octanol–water partition coefficient (Wildman–Crippen LogP) is 0.221. The van der Waals surface area contributed by atoms with Crippen LogP contribution >= 0.6 is 15.9 Å². The third kappa shape index (κ3) is 5.74. The molecule has 1 aliphatic heterocycles. The maximum Gasteiger partial charge on any atom is 0.243 e. The first kappa shape index (κ1) is 20.3. The molecule has 1 heterocycles. The lowest BCUT2D eigenvalue weighted by Gasteiger charge is -2.34. The molecule has 140 valence electrons. The van der Waals surface area contributed by atoms with Crippen molar-refractivity contribution in [2.45, 2.75) is 11.3 Å². The second-order valence-electron chi connectivity index (χ2n) is 5.66. The number of hydrogen-bond donors (Lipinski definition) is 1. The average Bonchev–Trinajstić information content (AvgIpc) is 2.53. The van der Waals surface area contributed by atoms with E-state index < -0.39 is 20.0 Å². The third-order valence-electron chi connectivity index (χ3n) is 3.73. The summed E-state index contributed by atoms with van der Waals surface area (Å²) in [5, 5.41) is 0. The van der Waals surface area contributed by atoms with Gasteiger partial charge in [-0.2, -0.15) is 4.31 Å². The molecule has 0 bridgehead atoms. The largest absolute Gasteiger partial charge is 0.340 e. The number of amides is 1. The fourth-order valence-electron chi connectivity index (χ4n) is 2.46. The highest BCUT2D eigenvalue weighted by Gasteiger charge is 2.30. The summed E-state index contributed by atoms with van der Waals surface area (Å²) in [6.07, 6.45) is 1.08. The molecule has 2 rings (SSSR count). The van der Waals surface area contributed by atoms with E-state index in [0.717, 1.165) is 6.26 Å². The lowest BCUT2D eigenvalue weighted by molar-refractivity contribution is -0.132. The van der Waals surface area contributed by atoms with Crippen LogP contribution in [0.15, 0.2) is 33.6 Å². The minimum absolute atomic E-state index is 0.0359. The fraction of sp³-hybridized carbons (Fsp3) is 0.500. The molecule has 0 saturated carbocycles. The topological polar surface area (TPSA) is 104 Å². The fourth-order valence-corrected chi connectivity index (χ4v) is 4.95. The van der Waals surface area contributed by atoms with Crippen LogP contribution in [0.5, 0.6) is 0 Å². The van der Waals surface area contributed by atoms with Crippen LogP contribution in [-0.4, -0.2) is 70.9 Å². The SMILES string of the molecule is CS(=O)(=O)NCCC(=O)N1CCN(S(=O)(=O)c2cccc(Br)c2)CC1. The zero-order valence-electron chi connectivity index (χ0n) is 13.7. The van der Waals surface area contributed by atoms with Crippen molar-refractivity contribution in [2.24, 2.45) is 0 Å². The van der Waals surface area contributed by atoms with E-state index >= 15 is 0 Å². The second kappa shape index (κ2) is 8.12. The summed E-state index contributed by atoms with van der Waals surface area (Å²) in [5.74, 6) is -0.198. The molecule has 0 atom stereocenters. The summed E-state index contributed by atoms with van der Waals surface area (Å²) in [7, 11) is -6.92. The van der Waals surface area contributed by atoms with E-state index in [9.17, 15) is 21.6 Å². The lowest BCUT2D eigenvalue weighted by Crippen LogP contribution is -2.50. The molecule has 8 nitrogen and oxygen atoms in total. The minimum Gasteiger partial charge on any atom is -0.340 e. The number of sulfonamides is 2. The molecule has 1 saturated heterocycles. The van der Waals surface area contributed by atoms with Crippen LogP contribution in [0, 0.1) is 0 Å². The van der Waals surface area contributed by atoms with E-state index in [4.69, 9.17) is 0 Å². The first-order chi connectivity index (χ1) is 11.6. The number of benzene rings is 1. The number of carbonyl (C=O) groups is 1. The van der Waals surface area contributed by atoms with Gasteiger partial charge in [0.15, 0.2) is 0 Å². The number of nitrogens with zero attached hydrogens (tertiary/aromatic N) is 2. The molecule has 11 heteroatoms. The molecule has 1 aliphatic rings. The number of carbonyl (C=O) groups excluding carboxylic acids is 1. The Morgan fingerprint density at radius 3 is 2.36 bits per heavy atom. The Hall–Kier alpha value is -1.01. The first-order valence-electron chi connectivity index (χ1n) is 7.58. The molecule has 1 amide bonds. The first-order valence-corrected chi connectivity index (χ1v) is 11.7. The average molecular weight is 454 g/mol. The summed E-state index contributed by atoms with van der Waals surface area (Å²) in [6, 6.07) is 6.49. The zero-order valence-corrected chi connectivity index (χ0v) is 16.9. The van der Waals surface area contributed by atoms with Crippen molar-refractivity contribution < 1.29 is 21.6 Å². The van der Waals surface area contributed by atoms with Gasteiger partial charge in [-0.1, -0.05) is 22.0 Å². The molecular weight excluding hydrogens is 434 g/mol. The van der Waals surface area contributed by atoms with Gasteiger partial charge in [0.1, 0.15) is 0 Å². The lowest BCUT2D eigenvalue weighted by atomic mass is 10.3. The summed E-state index contributed by atoms with van der Waals surface area (Å²) in [5.41, 5.74) is 0. The molecule has 0 aliphatic carbocycles. The van der Waals surface area contributed by atoms with Crippen LogP contribution < -0.4 is 4.72 Å². The van der Waals surface area contributed by atoms with Gasteiger partial charge in [-0.25, -0.2) is 21.6 Å². The van der Waals surface area contributed by atoms with E-state index in [-0.39, 0.29) is 49.9 Å². The van der Waals surface area contributed by atoms with Gasteiger partial charge in [-0.05, 0) is 18.2 Å². The maximum absolute atomic E-state index is 12.6.